The number of carbonyl (C=O) groups excluding carboxylic acids is 2. The number of nitrogens with zero attached hydrogens (tertiary/aromatic N) is 6. The lowest BCUT2D eigenvalue weighted by Crippen LogP contribution is -2.43. The highest BCUT2D eigenvalue weighted by Gasteiger charge is 2.30. The molecule has 2 aromatic carbocycles. The second-order valence-corrected chi connectivity index (χ2v) is 9.49. The summed E-state index contributed by atoms with van der Waals surface area (Å²) in [7, 11) is 1.50. The molecule has 0 saturated carbocycles. The fourth-order valence-electron chi connectivity index (χ4n) is 5.23. The molecule has 200 valence electrons. The molecule has 0 radical (unpaired) electrons. The summed E-state index contributed by atoms with van der Waals surface area (Å²) < 4.78 is 28.6. The van der Waals surface area contributed by atoms with Gasteiger partial charge in [-0.05, 0) is 37.1 Å². The first-order valence-electron chi connectivity index (χ1n) is 12.9. The second kappa shape index (κ2) is 9.97. The van der Waals surface area contributed by atoms with E-state index < -0.39 is 5.82 Å². The fraction of sp³-hybridized carbons (Fsp3) is 0.321. The number of carbonyl (C=O) groups is 2. The van der Waals surface area contributed by atoms with E-state index in [-0.39, 0.29) is 18.4 Å². The lowest BCUT2D eigenvalue weighted by atomic mass is 9.97. The minimum absolute atomic E-state index is 0.0994. The molecule has 4 aromatic rings. The molecule has 11 heteroatoms. The number of methoxy groups -OCH3 is 1. The quantitative estimate of drug-likeness (QED) is 0.359. The number of hydrogen-bond donors (Lipinski definition) is 0. The second-order valence-electron chi connectivity index (χ2n) is 9.49. The molecular weight excluding hydrogens is 503 g/mol. The maximum atomic E-state index is 15.3. The summed E-state index contributed by atoms with van der Waals surface area (Å²) >= 11 is 0. The van der Waals surface area contributed by atoms with E-state index in [9.17, 15) is 9.59 Å². The van der Waals surface area contributed by atoms with E-state index in [0.29, 0.717) is 72.1 Å². The van der Waals surface area contributed by atoms with Crippen LogP contribution in [0.3, 0.4) is 0 Å². The van der Waals surface area contributed by atoms with Crippen molar-refractivity contribution in [1.82, 2.24) is 24.6 Å². The Balaban J connectivity index is 1.39. The van der Waals surface area contributed by atoms with E-state index in [1.807, 2.05) is 11.5 Å². The number of aromatic nitrogens is 4. The standard InChI is InChI=1S/C28H27FN6O4/c1-3-33-16-30-27-20(14-31-32-28(27)33)17-6-7-21(29)18(11-17)19-12-24-22(13-23(19)38-2)35(26(37)15-39-24)10-9-34-8-4-5-25(34)36/h6-7,11-14,16H,3-5,8-10,15H2,1-2H3. The monoisotopic (exact) mass is 530 g/mol. The van der Waals surface area contributed by atoms with E-state index in [1.54, 1.807) is 46.6 Å². The number of anilines is 1. The van der Waals surface area contributed by atoms with Gasteiger partial charge < -0.3 is 23.8 Å². The molecular formula is C28H27FN6O4. The Morgan fingerprint density at radius 1 is 1.08 bits per heavy atom. The van der Waals surface area contributed by atoms with Gasteiger partial charge >= 0.3 is 0 Å². The van der Waals surface area contributed by atoms with Crippen LogP contribution in [0.5, 0.6) is 11.5 Å². The van der Waals surface area contributed by atoms with Crippen molar-refractivity contribution in [2.75, 3.05) is 38.3 Å². The van der Waals surface area contributed by atoms with Crippen LogP contribution in [-0.2, 0) is 16.1 Å². The van der Waals surface area contributed by atoms with Gasteiger partial charge in [0.05, 0.1) is 25.3 Å². The van der Waals surface area contributed by atoms with E-state index in [4.69, 9.17) is 9.47 Å². The predicted octanol–water partition coefficient (Wildman–Crippen LogP) is 3.68. The first kappa shape index (κ1) is 24.8. The minimum atomic E-state index is -0.439. The first-order chi connectivity index (χ1) is 19.0. The summed E-state index contributed by atoms with van der Waals surface area (Å²) in [5.74, 6) is 0.280. The van der Waals surface area contributed by atoms with Crippen molar-refractivity contribution in [3.8, 4) is 33.8 Å². The largest absolute Gasteiger partial charge is 0.496 e. The van der Waals surface area contributed by atoms with Gasteiger partial charge in [0, 0.05) is 55.4 Å². The predicted molar refractivity (Wildman–Crippen MR) is 142 cm³/mol. The van der Waals surface area contributed by atoms with E-state index in [1.165, 1.54) is 13.2 Å². The number of hydrogen-bond acceptors (Lipinski definition) is 7. The highest BCUT2D eigenvalue weighted by Crippen LogP contribution is 2.44. The molecule has 1 saturated heterocycles. The van der Waals surface area contributed by atoms with Crippen molar-refractivity contribution < 1.29 is 23.5 Å². The average molecular weight is 531 g/mol. The number of amides is 2. The zero-order valence-corrected chi connectivity index (χ0v) is 21.7. The molecule has 2 aromatic heterocycles. The van der Waals surface area contributed by atoms with Gasteiger partial charge in [0.2, 0.25) is 5.91 Å². The molecule has 0 aliphatic carbocycles. The number of likely N-dealkylation sites (tertiary alicyclic amines) is 1. The third-order valence-corrected chi connectivity index (χ3v) is 7.30. The SMILES string of the molecule is CCn1cnc2c(-c3ccc(F)c(-c4cc5c(cc4OC)N(CCN4CCCC4=O)C(=O)CO5)c3)cnnc21. The molecule has 2 aliphatic heterocycles. The van der Waals surface area contributed by atoms with Crippen molar-refractivity contribution in [1.29, 1.82) is 0 Å². The van der Waals surface area contributed by atoms with Crippen molar-refractivity contribution in [2.24, 2.45) is 0 Å². The van der Waals surface area contributed by atoms with Crippen LogP contribution in [0.25, 0.3) is 33.4 Å². The third kappa shape index (κ3) is 4.33. The number of halogens is 1. The number of rotatable bonds is 7. The Labute approximate surface area is 224 Å². The summed E-state index contributed by atoms with van der Waals surface area (Å²) in [6.07, 6.45) is 4.70. The molecule has 10 nitrogen and oxygen atoms in total. The van der Waals surface area contributed by atoms with Crippen molar-refractivity contribution >= 4 is 28.7 Å². The first-order valence-corrected chi connectivity index (χ1v) is 12.9. The molecule has 1 fully saturated rings. The summed E-state index contributed by atoms with van der Waals surface area (Å²) in [5.41, 5.74) is 4.10. The zero-order chi connectivity index (χ0) is 27.1. The van der Waals surface area contributed by atoms with Crippen LogP contribution in [0.2, 0.25) is 0 Å². The van der Waals surface area contributed by atoms with Gasteiger partial charge in [0.1, 0.15) is 22.8 Å². The maximum Gasteiger partial charge on any atom is 0.265 e. The van der Waals surface area contributed by atoms with E-state index in [2.05, 4.69) is 15.2 Å². The Bertz CT molecular complexity index is 1600. The molecule has 6 rings (SSSR count). The lowest BCUT2D eigenvalue weighted by Gasteiger charge is -2.31. The Morgan fingerprint density at radius 2 is 1.95 bits per heavy atom. The Hall–Kier alpha value is -4.54. The Kier molecular flexibility index (Phi) is 6.34. The van der Waals surface area contributed by atoms with Gasteiger partial charge in [-0.1, -0.05) is 6.07 Å². The van der Waals surface area contributed by atoms with Crippen LogP contribution in [-0.4, -0.2) is 69.8 Å². The fourth-order valence-corrected chi connectivity index (χ4v) is 5.23. The number of ether oxygens (including phenoxy) is 2. The van der Waals surface area contributed by atoms with Crippen LogP contribution in [0.15, 0.2) is 42.9 Å². The number of imidazole rings is 1. The van der Waals surface area contributed by atoms with E-state index >= 15 is 4.39 Å². The van der Waals surface area contributed by atoms with Crippen LogP contribution in [0.4, 0.5) is 10.1 Å². The van der Waals surface area contributed by atoms with Crippen molar-refractivity contribution in [2.45, 2.75) is 26.3 Å². The van der Waals surface area contributed by atoms with Crippen LogP contribution >= 0.6 is 0 Å². The molecule has 39 heavy (non-hydrogen) atoms. The third-order valence-electron chi connectivity index (χ3n) is 7.30. The normalized spacial score (nSPS) is 15.2. The zero-order valence-electron chi connectivity index (χ0n) is 21.7. The summed E-state index contributed by atoms with van der Waals surface area (Å²) in [6.45, 7) is 4.02. The summed E-state index contributed by atoms with van der Waals surface area (Å²) in [5, 5.41) is 8.36. The van der Waals surface area contributed by atoms with E-state index in [0.717, 1.165) is 17.5 Å². The topological polar surface area (TPSA) is 103 Å². The van der Waals surface area contributed by atoms with Crippen molar-refractivity contribution in [3.05, 3.63) is 48.7 Å². The smallest absolute Gasteiger partial charge is 0.265 e. The van der Waals surface area contributed by atoms with Gasteiger partial charge in [-0.2, -0.15) is 5.10 Å². The van der Waals surface area contributed by atoms with Crippen LogP contribution in [0, 0.1) is 5.82 Å². The molecule has 0 bridgehead atoms. The number of benzene rings is 2. The Morgan fingerprint density at radius 3 is 2.72 bits per heavy atom. The average Bonchev–Trinajstić information content (AvgIpc) is 3.57. The van der Waals surface area contributed by atoms with Gasteiger partial charge in [-0.25, -0.2) is 9.37 Å². The summed E-state index contributed by atoms with van der Waals surface area (Å²) in [4.78, 5) is 32.7. The highest BCUT2D eigenvalue weighted by molar-refractivity contribution is 5.99. The van der Waals surface area contributed by atoms with Crippen molar-refractivity contribution in [3.63, 3.8) is 0 Å². The highest BCUT2D eigenvalue weighted by atomic mass is 19.1. The van der Waals surface area contributed by atoms with Gasteiger partial charge in [-0.3, -0.25) is 9.59 Å². The van der Waals surface area contributed by atoms with Crippen LogP contribution in [0.1, 0.15) is 19.8 Å². The van der Waals surface area contributed by atoms with Crippen LogP contribution < -0.4 is 14.4 Å². The number of aryl methyl sites for hydroxylation is 1. The molecule has 0 N–H and O–H groups in total. The molecule has 0 unspecified atom stereocenters. The minimum Gasteiger partial charge on any atom is -0.496 e. The number of fused-ring (bicyclic) bond motifs is 2. The lowest BCUT2D eigenvalue weighted by molar-refractivity contribution is -0.128. The van der Waals surface area contributed by atoms with Gasteiger partial charge in [-0.15, -0.1) is 5.10 Å². The molecule has 2 amide bonds. The van der Waals surface area contributed by atoms with Gasteiger partial charge in [0.25, 0.3) is 5.91 Å². The molecule has 4 heterocycles. The maximum absolute atomic E-state index is 15.3. The molecule has 0 spiro atoms. The molecule has 0 atom stereocenters. The molecule has 2 aliphatic rings. The summed E-state index contributed by atoms with van der Waals surface area (Å²) in [6, 6.07) is 8.20. The van der Waals surface area contributed by atoms with Gasteiger partial charge in [0.15, 0.2) is 12.3 Å².